The maximum atomic E-state index is 13.2. The predicted molar refractivity (Wildman–Crippen MR) is 184 cm³/mol. The Morgan fingerprint density at radius 3 is 1.88 bits per heavy atom. The van der Waals surface area contributed by atoms with Crippen LogP contribution >= 0.6 is 0 Å². The molecule has 0 spiro atoms. The lowest BCUT2D eigenvalue weighted by atomic mass is 10.0. The van der Waals surface area contributed by atoms with Crippen LogP contribution in [0.1, 0.15) is 52.0 Å². The van der Waals surface area contributed by atoms with Gasteiger partial charge in [-0.2, -0.15) is 0 Å². The normalized spacial score (nSPS) is 14.4. The van der Waals surface area contributed by atoms with Gasteiger partial charge in [0.2, 0.25) is 47.3 Å². The zero-order chi connectivity index (χ0) is 38.7. The fraction of sp³-hybridized carbons (Fsp3) is 0.562. The van der Waals surface area contributed by atoms with Crippen molar-refractivity contribution >= 4 is 47.3 Å². The van der Waals surface area contributed by atoms with Gasteiger partial charge in [-0.1, -0.05) is 44.2 Å². The van der Waals surface area contributed by atoms with Gasteiger partial charge in [0.1, 0.15) is 30.2 Å². The maximum absolute atomic E-state index is 13.2. The van der Waals surface area contributed by atoms with Crippen molar-refractivity contribution in [1.82, 2.24) is 31.9 Å². The van der Waals surface area contributed by atoms with Crippen LogP contribution < -0.4 is 54.8 Å². The van der Waals surface area contributed by atoms with Gasteiger partial charge in [-0.3, -0.25) is 38.4 Å². The van der Waals surface area contributed by atoms with Crippen LogP contribution in [0.2, 0.25) is 0 Å². The van der Waals surface area contributed by atoms with Crippen molar-refractivity contribution in [2.75, 3.05) is 19.7 Å². The van der Waals surface area contributed by atoms with Crippen molar-refractivity contribution in [2.45, 2.75) is 89.1 Å². The van der Waals surface area contributed by atoms with Gasteiger partial charge < -0.3 is 59.9 Å². The lowest BCUT2D eigenvalue weighted by molar-refractivity contribution is -0.135. The van der Waals surface area contributed by atoms with Gasteiger partial charge in [0.15, 0.2) is 0 Å². The number of rotatable bonds is 23. The van der Waals surface area contributed by atoms with Gasteiger partial charge in [0.25, 0.3) is 0 Å². The number of unbranched alkanes of at least 4 members (excludes halogenated alkanes) is 1. The Hall–Kier alpha value is -5.14. The molecular formula is C32H52N10O9. The molecule has 19 nitrogen and oxygen atoms in total. The summed E-state index contributed by atoms with van der Waals surface area (Å²) in [6.07, 6.45) is 0.681. The summed E-state index contributed by atoms with van der Waals surface area (Å²) in [6.45, 7) is 3.39. The van der Waals surface area contributed by atoms with Gasteiger partial charge in [0, 0.05) is 6.42 Å². The van der Waals surface area contributed by atoms with Crippen molar-refractivity contribution in [3.63, 3.8) is 0 Å². The summed E-state index contributed by atoms with van der Waals surface area (Å²) >= 11 is 0. The number of carbonyl (C=O) groups is 8. The minimum Gasteiger partial charge on any atom is -0.394 e. The van der Waals surface area contributed by atoms with Gasteiger partial charge in [0.05, 0.1) is 25.6 Å². The molecule has 0 unspecified atom stereocenters. The van der Waals surface area contributed by atoms with E-state index in [0.29, 0.717) is 19.4 Å². The fourth-order valence-electron chi connectivity index (χ4n) is 4.60. The van der Waals surface area contributed by atoms with Crippen LogP contribution in [0.4, 0.5) is 0 Å². The Bertz CT molecular complexity index is 1360. The Balaban J connectivity index is 2.85. The largest absolute Gasteiger partial charge is 0.394 e. The van der Waals surface area contributed by atoms with Gasteiger partial charge >= 0.3 is 0 Å². The number of nitrogens with one attached hydrogen (secondary N) is 6. The Morgan fingerprint density at radius 1 is 0.725 bits per heavy atom. The van der Waals surface area contributed by atoms with E-state index in [1.807, 2.05) is 0 Å². The third-order valence-corrected chi connectivity index (χ3v) is 7.54. The van der Waals surface area contributed by atoms with Crippen LogP contribution in [0.25, 0.3) is 0 Å². The summed E-state index contributed by atoms with van der Waals surface area (Å²) in [5, 5.41) is 24.3. The third-order valence-electron chi connectivity index (χ3n) is 7.54. The first-order valence-electron chi connectivity index (χ1n) is 16.5. The molecule has 0 fully saturated rings. The highest BCUT2D eigenvalue weighted by atomic mass is 16.3. The standard InChI is InChI=1S/C32H52N10O9/c1-17(2)26(42-29(48)20(34)14-24(35)44)32(51)37-15-25(45)39-23(16-43)31(50)40-21(11-7-8-12-33)30(49)38-18(3)28(47)41-22(27(36)46)13-19-9-5-4-6-10-19/h4-6,9-10,17-18,20-23,26,43H,7-8,11-16,33-34H2,1-3H3,(H2,35,44)(H2,36,46)(H,37,51)(H,38,49)(H,39,45)(H,40,50)(H,41,47)(H,42,48)/t18-,20-,21-,22-,23-,26-/m0/s1. The van der Waals surface area contributed by atoms with E-state index in [-0.39, 0.29) is 12.8 Å². The second-order valence-corrected chi connectivity index (χ2v) is 12.3. The lowest BCUT2D eigenvalue weighted by Gasteiger charge is -2.25. The molecule has 51 heavy (non-hydrogen) atoms. The number of primary amides is 2. The first-order chi connectivity index (χ1) is 24.0. The summed E-state index contributed by atoms with van der Waals surface area (Å²) < 4.78 is 0. The summed E-state index contributed by atoms with van der Waals surface area (Å²) in [5.41, 5.74) is 22.5. The fourth-order valence-corrected chi connectivity index (χ4v) is 4.60. The topological polar surface area (TPSA) is 333 Å². The van der Waals surface area contributed by atoms with Gasteiger partial charge in [-0.05, 0) is 44.2 Å². The molecule has 0 bridgehead atoms. The van der Waals surface area contributed by atoms with E-state index < -0.39 is 109 Å². The molecule has 0 aliphatic carbocycles. The minimum atomic E-state index is -1.54. The van der Waals surface area contributed by atoms with Crippen LogP contribution in [0.15, 0.2) is 30.3 Å². The molecule has 0 aliphatic heterocycles. The van der Waals surface area contributed by atoms with Crippen LogP contribution in [-0.2, 0) is 44.8 Å². The summed E-state index contributed by atoms with van der Waals surface area (Å²) in [6, 6.07) is 1.47. The molecule has 19 heteroatoms. The van der Waals surface area contributed by atoms with E-state index >= 15 is 0 Å². The SMILES string of the molecule is CC(C)[C@H](NC(=O)[C@@H](N)CC(N)=O)C(=O)NCC(=O)N[C@@H](CO)C(=O)N[C@@H](CCCCN)C(=O)N[C@@H](C)C(=O)N[C@@H](Cc1ccccc1)C(N)=O. The predicted octanol–water partition coefficient (Wildman–Crippen LogP) is -4.75. The number of aliphatic hydroxyl groups excluding tert-OH is 1. The lowest BCUT2D eigenvalue weighted by Crippen LogP contribution is -2.59. The van der Waals surface area contributed by atoms with Crippen molar-refractivity contribution in [3.05, 3.63) is 35.9 Å². The molecule has 0 heterocycles. The average Bonchev–Trinajstić information content (AvgIpc) is 3.07. The quantitative estimate of drug-likeness (QED) is 0.0477. The molecule has 0 aromatic heterocycles. The second kappa shape index (κ2) is 22.6. The zero-order valence-corrected chi connectivity index (χ0v) is 29.1. The molecule has 0 aliphatic rings. The number of nitrogens with two attached hydrogens (primary N) is 4. The van der Waals surface area contributed by atoms with E-state index in [1.54, 1.807) is 44.2 Å². The summed E-state index contributed by atoms with van der Waals surface area (Å²) in [4.78, 5) is 99.9. The monoisotopic (exact) mass is 720 g/mol. The van der Waals surface area contributed by atoms with E-state index in [9.17, 15) is 43.5 Å². The molecule has 6 atom stereocenters. The number of carbonyl (C=O) groups excluding carboxylic acids is 8. The summed E-state index contributed by atoms with van der Waals surface area (Å²) in [7, 11) is 0. The molecule has 0 saturated heterocycles. The first kappa shape index (κ1) is 43.9. The highest BCUT2D eigenvalue weighted by Gasteiger charge is 2.30. The molecule has 0 saturated carbocycles. The maximum Gasteiger partial charge on any atom is 0.245 e. The van der Waals surface area contributed by atoms with Crippen molar-refractivity contribution in [1.29, 1.82) is 0 Å². The molecule has 1 aromatic carbocycles. The molecule has 284 valence electrons. The molecule has 0 radical (unpaired) electrons. The van der Waals surface area contributed by atoms with Crippen molar-refractivity contribution < 1.29 is 43.5 Å². The van der Waals surface area contributed by atoms with Crippen LogP contribution in [0.3, 0.4) is 0 Å². The second-order valence-electron chi connectivity index (χ2n) is 12.3. The zero-order valence-electron chi connectivity index (χ0n) is 29.1. The Labute approximate surface area is 296 Å². The first-order valence-corrected chi connectivity index (χ1v) is 16.5. The third kappa shape index (κ3) is 16.4. The van der Waals surface area contributed by atoms with Gasteiger partial charge in [-0.25, -0.2) is 0 Å². The summed E-state index contributed by atoms with van der Waals surface area (Å²) in [5.74, 6) is -6.88. The highest BCUT2D eigenvalue weighted by molar-refractivity contribution is 5.96. The molecule has 15 N–H and O–H groups in total. The van der Waals surface area contributed by atoms with Crippen molar-refractivity contribution in [2.24, 2.45) is 28.9 Å². The number of benzene rings is 1. The van der Waals surface area contributed by atoms with Crippen LogP contribution in [0.5, 0.6) is 0 Å². The number of hydrogen-bond donors (Lipinski definition) is 11. The number of aliphatic hydroxyl groups is 1. The van der Waals surface area contributed by atoms with E-state index in [1.165, 1.54) is 6.92 Å². The van der Waals surface area contributed by atoms with Gasteiger partial charge in [-0.15, -0.1) is 0 Å². The minimum absolute atomic E-state index is 0.0919. The number of hydrogen-bond acceptors (Lipinski definition) is 11. The smallest absolute Gasteiger partial charge is 0.245 e. The average molecular weight is 721 g/mol. The van der Waals surface area contributed by atoms with E-state index in [4.69, 9.17) is 22.9 Å². The van der Waals surface area contributed by atoms with E-state index in [2.05, 4.69) is 31.9 Å². The van der Waals surface area contributed by atoms with Crippen molar-refractivity contribution in [3.8, 4) is 0 Å². The van der Waals surface area contributed by atoms with E-state index in [0.717, 1.165) is 5.56 Å². The Morgan fingerprint density at radius 2 is 1.33 bits per heavy atom. The van der Waals surface area contributed by atoms with Crippen LogP contribution in [-0.4, -0.2) is 108 Å². The molecule has 8 amide bonds. The molecular weight excluding hydrogens is 668 g/mol. The molecule has 1 rings (SSSR count). The number of amides is 8. The highest BCUT2D eigenvalue weighted by Crippen LogP contribution is 2.06. The Kier molecular flexibility index (Phi) is 19.4. The molecule has 1 aromatic rings. The van der Waals surface area contributed by atoms with Crippen LogP contribution in [0, 0.1) is 5.92 Å².